The first-order chi connectivity index (χ1) is 7.27. The molecule has 0 saturated carbocycles. The van der Waals surface area contributed by atoms with Crippen molar-refractivity contribution in [2.24, 2.45) is 0 Å². The molecule has 1 nitrogen and oxygen atoms in total. The fourth-order valence-electron chi connectivity index (χ4n) is 1.27. The van der Waals surface area contributed by atoms with Crippen molar-refractivity contribution in [3.8, 4) is 5.75 Å². The number of unbranched alkanes of at least 4 members (excludes halogenated alkanes) is 1. The van der Waals surface area contributed by atoms with Crippen molar-refractivity contribution in [3.63, 3.8) is 0 Å². The maximum atomic E-state index is 5.67. The Labute approximate surface area is 105 Å². The minimum Gasteiger partial charge on any atom is -0.493 e. The van der Waals surface area contributed by atoms with Gasteiger partial charge < -0.3 is 4.74 Å². The Hall–Kier alpha value is -0.410. The van der Waals surface area contributed by atoms with E-state index in [0.29, 0.717) is 0 Å². The van der Waals surface area contributed by atoms with Crippen LogP contribution in [0.1, 0.15) is 24.0 Å². The van der Waals surface area contributed by atoms with Gasteiger partial charge in [-0.3, -0.25) is 0 Å². The van der Waals surface area contributed by atoms with Crippen LogP contribution in [-0.4, -0.2) is 17.3 Å². The zero-order chi connectivity index (χ0) is 11.1. The van der Waals surface area contributed by atoms with Crippen LogP contribution in [0, 0.1) is 6.92 Å². The summed E-state index contributed by atoms with van der Waals surface area (Å²) in [5.74, 6) is 0.894. The molecule has 15 heavy (non-hydrogen) atoms. The highest BCUT2D eigenvalue weighted by atomic mass is 79.9. The van der Waals surface area contributed by atoms with Crippen molar-refractivity contribution < 1.29 is 4.74 Å². The average molecular weight is 287 g/mol. The zero-order valence-electron chi connectivity index (χ0n) is 8.83. The van der Waals surface area contributed by atoms with Crippen LogP contribution in [0.4, 0.5) is 0 Å². The summed E-state index contributed by atoms with van der Waals surface area (Å²) in [6.07, 6.45) is 2.20. The lowest BCUT2D eigenvalue weighted by atomic mass is 10.1. The van der Waals surface area contributed by atoms with Crippen molar-refractivity contribution >= 4 is 33.5 Å². The minimum absolute atomic E-state index is 0.755. The van der Waals surface area contributed by atoms with Crippen LogP contribution in [-0.2, 0) is 0 Å². The second kappa shape index (κ2) is 6.96. The molecule has 0 aromatic heterocycles. The zero-order valence-corrected chi connectivity index (χ0v) is 11.2. The van der Waals surface area contributed by atoms with E-state index in [1.165, 1.54) is 5.56 Å². The molecule has 0 bridgehead atoms. The quantitative estimate of drug-likeness (QED) is 0.446. The molecule has 0 atom stereocenters. The molecule has 1 aromatic carbocycles. The summed E-state index contributed by atoms with van der Waals surface area (Å²) in [6, 6.07) is 6.08. The van der Waals surface area contributed by atoms with E-state index >= 15 is 0 Å². The normalized spacial score (nSPS) is 10.0. The number of ether oxygens (including phenoxy) is 1. The Morgan fingerprint density at radius 2 is 2.20 bits per heavy atom. The van der Waals surface area contributed by atoms with Crippen LogP contribution >= 0.6 is 28.1 Å². The summed E-state index contributed by atoms with van der Waals surface area (Å²) in [5.41, 5.74) is 2.21. The van der Waals surface area contributed by atoms with Crippen LogP contribution in [0.5, 0.6) is 5.75 Å². The Balaban J connectivity index is 2.56. The second-order valence-corrected chi connectivity index (χ2v) is 4.43. The van der Waals surface area contributed by atoms with Crippen LogP contribution in [0.2, 0.25) is 0 Å². The maximum absolute atomic E-state index is 5.67. The van der Waals surface area contributed by atoms with E-state index in [-0.39, 0.29) is 0 Å². The SMILES string of the molecule is Cc1ccc(OCCCCBr)c(C=S)c1. The van der Waals surface area contributed by atoms with Gasteiger partial charge >= 0.3 is 0 Å². The number of aryl methyl sites for hydroxylation is 1. The molecule has 0 fully saturated rings. The van der Waals surface area contributed by atoms with Crippen LogP contribution in [0.25, 0.3) is 0 Å². The molecule has 0 radical (unpaired) electrons. The summed E-state index contributed by atoms with van der Waals surface area (Å²) in [6.45, 7) is 2.81. The molecule has 0 spiro atoms. The molecule has 1 aromatic rings. The first kappa shape index (κ1) is 12.7. The van der Waals surface area contributed by atoms with Crippen LogP contribution in [0.15, 0.2) is 18.2 Å². The van der Waals surface area contributed by atoms with Crippen molar-refractivity contribution in [1.29, 1.82) is 0 Å². The van der Waals surface area contributed by atoms with Crippen molar-refractivity contribution in [3.05, 3.63) is 29.3 Å². The Bertz CT molecular complexity index is 325. The third kappa shape index (κ3) is 4.31. The predicted molar refractivity (Wildman–Crippen MR) is 72.5 cm³/mol. The van der Waals surface area contributed by atoms with Crippen molar-refractivity contribution in [2.45, 2.75) is 19.8 Å². The smallest absolute Gasteiger partial charge is 0.127 e. The fourth-order valence-corrected chi connectivity index (χ4v) is 1.85. The van der Waals surface area contributed by atoms with E-state index in [1.807, 2.05) is 18.2 Å². The summed E-state index contributed by atoms with van der Waals surface area (Å²) in [5, 5.41) is 2.71. The molecule has 0 amide bonds. The highest BCUT2D eigenvalue weighted by Crippen LogP contribution is 2.18. The van der Waals surface area contributed by atoms with E-state index in [1.54, 1.807) is 5.37 Å². The summed E-state index contributed by atoms with van der Waals surface area (Å²) in [4.78, 5) is 0. The van der Waals surface area contributed by atoms with Crippen molar-refractivity contribution in [1.82, 2.24) is 0 Å². The summed E-state index contributed by atoms with van der Waals surface area (Å²) < 4.78 is 5.67. The number of halogens is 1. The topological polar surface area (TPSA) is 9.23 Å². The number of rotatable bonds is 6. The van der Waals surface area contributed by atoms with Crippen LogP contribution < -0.4 is 4.74 Å². The van der Waals surface area contributed by atoms with Gasteiger partial charge in [-0.1, -0.05) is 39.8 Å². The monoisotopic (exact) mass is 286 g/mol. The molecule has 0 heterocycles. The lowest BCUT2D eigenvalue weighted by Gasteiger charge is -2.09. The molecule has 0 saturated heterocycles. The minimum atomic E-state index is 0.755. The van der Waals surface area contributed by atoms with E-state index in [2.05, 4.69) is 22.9 Å². The van der Waals surface area contributed by atoms with E-state index in [9.17, 15) is 0 Å². The van der Waals surface area contributed by atoms with Crippen LogP contribution in [0.3, 0.4) is 0 Å². The molecule has 0 aliphatic heterocycles. The first-order valence-corrected chi connectivity index (χ1v) is 6.62. The summed E-state index contributed by atoms with van der Waals surface area (Å²) >= 11 is 8.35. The van der Waals surface area contributed by atoms with Gasteiger partial charge in [-0.15, -0.1) is 0 Å². The molecule has 0 N–H and O–H groups in total. The fraction of sp³-hybridized carbons (Fsp3) is 0.417. The number of alkyl halides is 1. The number of hydrogen-bond acceptors (Lipinski definition) is 2. The Morgan fingerprint density at radius 1 is 1.40 bits per heavy atom. The molecular formula is C12H15BrOS. The van der Waals surface area contributed by atoms with Gasteiger partial charge in [-0.05, 0) is 31.9 Å². The maximum Gasteiger partial charge on any atom is 0.127 e. The molecule has 1 rings (SSSR count). The first-order valence-electron chi connectivity index (χ1n) is 5.02. The predicted octanol–water partition coefficient (Wildman–Crippen LogP) is 3.90. The van der Waals surface area contributed by atoms with Gasteiger partial charge in [0, 0.05) is 16.3 Å². The van der Waals surface area contributed by atoms with Gasteiger partial charge in [-0.2, -0.15) is 0 Å². The van der Waals surface area contributed by atoms with Crippen molar-refractivity contribution in [2.75, 3.05) is 11.9 Å². The Morgan fingerprint density at radius 3 is 2.87 bits per heavy atom. The largest absolute Gasteiger partial charge is 0.493 e. The molecule has 0 aliphatic rings. The molecule has 0 aliphatic carbocycles. The van der Waals surface area contributed by atoms with Gasteiger partial charge in [0.05, 0.1) is 6.61 Å². The van der Waals surface area contributed by atoms with E-state index < -0.39 is 0 Å². The van der Waals surface area contributed by atoms with Gasteiger partial charge in [0.2, 0.25) is 0 Å². The molecule has 3 heteroatoms. The molecule has 82 valence electrons. The molecule has 0 unspecified atom stereocenters. The standard InChI is InChI=1S/C12H15BrOS/c1-10-4-5-12(11(8-10)9-15)14-7-3-2-6-13/h4-5,8-9H,2-3,6-7H2,1H3. The third-order valence-electron chi connectivity index (χ3n) is 2.08. The van der Waals surface area contributed by atoms with E-state index in [0.717, 1.165) is 36.1 Å². The number of benzene rings is 1. The third-order valence-corrected chi connectivity index (χ3v) is 2.89. The van der Waals surface area contributed by atoms with Gasteiger partial charge in [-0.25, -0.2) is 0 Å². The van der Waals surface area contributed by atoms with E-state index in [4.69, 9.17) is 17.0 Å². The highest BCUT2D eigenvalue weighted by Gasteiger charge is 2.00. The lowest BCUT2D eigenvalue weighted by molar-refractivity contribution is 0.309. The number of hydrogen-bond donors (Lipinski definition) is 0. The lowest BCUT2D eigenvalue weighted by Crippen LogP contribution is -2.00. The van der Waals surface area contributed by atoms with Gasteiger partial charge in [0.25, 0.3) is 0 Å². The van der Waals surface area contributed by atoms with Gasteiger partial charge in [0.15, 0.2) is 0 Å². The highest BCUT2D eigenvalue weighted by molar-refractivity contribution is 9.09. The molecular weight excluding hydrogens is 272 g/mol. The average Bonchev–Trinajstić information content (AvgIpc) is 2.26. The Kier molecular flexibility index (Phi) is 5.88. The van der Waals surface area contributed by atoms with Gasteiger partial charge in [0.1, 0.15) is 5.75 Å². The second-order valence-electron chi connectivity index (χ2n) is 3.40. The number of thiocarbonyl (C=S) groups is 1. The summed E-state index contributed by atoms with van der Waals surface area (Å²) in [7, 11) is 0.